The van der Waals surface area contributed by atoms with Gasteiger partial charge in [-0.3, -0.25) is 0 Å². The maximum Gasteiger partial charge on any atom is 0.0950 e. The molecule has 4 heteroatoms. The average Bonchev–Trinajstić information content (AvgIpc) is 2.84. The third-order valence-electron chi connectivity index (χ3n) is 2.72. The zero-order valence-electron chi connectivity index (χ0n) is 9.41. The zero-order chi connectivity index (χ0) is 12.3. The van der Waals surface area contributed by atoms with Crippen molar-refractivity contribution in [3.63, 3.8) is 0 Å². The van der Waals surface area contributed by atoms with Gasteiger partial charge in [0.25, 0.3) is 0 Å². The number of hydrogen-bond donors (Lipinski definition) is 1. The van der Waals surface area contributed by atoms with E-state index in [1.54, 1.807) is 12.5 Å². The first-order valence-corrected chi connectivity index (χ1v) is 6.09. The number of furan rings is 1. The van der Waals surface area contributed by atoms with Crippen LogP contribution in [0, 0.1) is 0 Å². The summed E-state index contributed by atoms with van der Waals surface area (Å²) in [6.07, 6.45) is 4.26. The lowest BCUT2D eigenvalue weighted by atomic mass is 10.0. The highest BCUT2D eigenvalue weighted by Crippen LogP contribution is 2.25. The fourth-order valence-electron chi connectivity index (χ4n) is 1.76. The van der Waals surface area contributed by atoms with Crippen LogP contribution in [0.3, 0.4) is 0 Å². The number of rotatable bonds is 4. The summed E-state index contributed by atoms with van der Waals surface area (Å²) < 4.78 is 5.09. The molecule has 1 aromatic carbocycles. The van der Waals surface area contributed by atoms with Crippen molar-refractivity contribution < 1.29 is 4.42 Å². The number of nitrogens with one attached hydrogen (secondary N) is 1. The lowest BCUT2D eigenvalue weighted by molar-refractivity contribution is 0.542. The van der Waals surface area contributed by atoms with Gasteiger partial charge in [0.1, 0.15) is 0 Å². The molecule has 0 aliphatic heterocycles. The molecule has 1 N–H and O–H groups in total. The molecule has 17 heavy (non-hydrogen) atoms. The summed E-state index contributed by atoms with van der Waals surface area (Å²) in [5, 5.41) is 4.42. The van der Waals surface area contributed by atoms with Gasteiger partial charge in [-0.15, -0.1) is 0 Å². The van der Waals surface area contributed by atoms with Crippen molar-refractivity contribution in [2.75, 3.05) is 7.05 Å². The van der Waals surface area contributed by atoms with Gasteiger partial charge in [-0.25, -0.2) is 0 Å². The maximum atomic E-state index is 5.99. The van der Waals surface area contributed by atoms with E-state index in [4.69, 9.17) is 27.6 Å². The monoisotopic (exact) mass is 269 g/mol. The number of hydrogen-bond acceptors (Lipinski definition) is 2. The van der Waals surface area contributed by atoms with Gasteiger partial charge < -0.3 is 9.73 Å². The van der Waals surface area contributed by atoms with Crippen LogP contribution in [0.2, 0.25) is 10.0 Å². The van der Waals surface area contributed by atoms with E-state index in [1.807, 2.05) is 31.3 Å². The smallest absolute Gasteiger partial charge is 0.0950 e. The molecule has 2 rings (SSSR count). The SMILES string of the molecule is CNC(Cc1ccc(Cl)c(Cl)c1)c1ccoc1. The van der Waals surface area contributed by atoms with Crippen molar-refractivity contribution in [2.24, 2.45) is 0 Å². The highest BCUT2D eigenvalue weighted by atomic mass is 35.5. The molecule has 2 nitrogen and oxygen atoms in total. The highest BCUT2D eigenvalue weighted by molar-refractivity contribution is 6.42. The molecular weight excluding hydrogens is 257 g/mol. The van der Waals surface area contributed by atoms with Gasteiger partial charge in [-0.1, -0.05) is 29.3 Å². The van der Waals surface area contributed by atoms with Crippen molar-refractivity contribution in [2.45, 2.75) is 12.5 Å². The molecule has 0 radical (unpaired) electrons. The fourth-order valence-corrected chi connectivity index (χ4v) is 2.08. The highest BCUT2D eigenvalue weighted by Gasteiger charge is 2.11. The number of benzene rings is 1. The Labute approximate surface area is 111 Å². The molecule has 0 aliphatic rings. The van der Waals surface area contributed by atoms with Gasteiger partial charge in [0.05, 0.1) is 22.6 Å². The summed E-state index contributed by atoms with van der Waals surface area (Å²) in [5.74, 6) is 0. The molecule has 0 saturated carbocycles. The molecule has 0 saturated heterocycles. The van der Waals surface area contributed by atoms with E-state index in [2.05, 4.69) is 5.32 Å². The Kier molecular flexibility index (Phi) is 4.11. The molecule has 0 spiro atoms. The molecular formula is C13H13Cl2NO. The van der Waals surface area contributed by atoms with Crippen molar-refractivity contribution >= 4 is 23.2 Å². The predicted molar refractivity (Wildman–Crippen MR) is 70.7 cm³/mol. The van der Waals surface area contributed by atoms with Crippen LogP contribution in [-0.4, -0.2) is 7.05 Å². The van der Waals surface area contributed by atoms with Crippen LogP contribution in [-0.2, 0) is 6.42 Å². The number of likely N-dealkylation sites (N-methyl/N-ethyl adjacent to an activating group) is 1. The predicted octanol–water partition coefficient (Wildman–Crippen LogP) is 4.09. The molecule has 90 valence electrons. The number of halogens is 2. The first kappa shape index (κ1) is 12.5. The topological polar surface area (TPSA) is 25.2 Å². The van der Waals surface area contributed by atoms with Crippen LogP contribution in [0.1, 0.15) is 17.2 Å². The molecule has 0 amide bonds. The lowest BCUT2D eigenvalue weighted by Crippen LogP contribution is -2.18. The maximum absolute atomic E-state index is 5.99. The normalized spacial score (nSPS) is 12.6. The second kappa shape index (κ2) is 5.58. The Morgan fingerprint density at radius 2 is 2.06 bits per heavy atom. The minimum absolute atomic E-state index is 0.214. The minimum Gasteiger partial charge on any atom is -0.472 e. The van der Waals surface area contributed by atoms with Crippen LogP contribution in [0.4, 0.5) is 0 Å². The largest absolute Gasteiger partial charge is 0.472 e. The molecule has 1 unspecified atom stereocenters. The van der Waals surface area contributed by atoms with E-state index >= 15 is 0 Å². The Bertz CT molecular complexity index is 482. The van der Waals surface area contributed by atoms with Crippen LogP contribution < -0.4 is 5.32 Å². The Hall–Kier alpha value is -0.960. The van der Waals surface area contributed by atoms with E-state index in [0.717, 1.165) is 17.5 Å². The van der Waals surface area contributed by atoms with E-state index in [0.29, 0.717) is 10.0 Å². The van der Waals surface area contributed by atoms with Crippen LogP contribution in [0.25, 0.3) is 0 Å². The molecule has 0 fully saturated rings. The molecule has 2 aromatic rings. The third-order valence-corrected chi connectivity index (χ3v) is 3.46. The third kappa shape index (κ3) is 3.03. The molecule has 0 bridgehead atoms. The Morgan fingerprint density at radius 1 is 1.24 bits per heavy atom. The van der Waals surface area contributed by atoms with Gasteiger partial charge in [-0.2, -0.15) is 0 Å². The second-order valence-corrected chi connectivity index (χ2v) is 4.66. The summed E-state index contributed by atoms with van der Waals surface area (Å²) in [4.78, 5) is 0. The van der Waals surface area contributed by atoms with E-state index in [-0.39, 0.29) is 6.04 Å². The van der Waals surface area contributed by atoms with Gasteiger partial charge in [0.15, 0.2) is 0 Å². The molecule has 1 atom stereocenters. The van der Waals surface area contributed by atoms with Crippen LogP contribution in [0.15, 0.2) is 41.2 Å². The van der Waals surface area contributed by atoms with Crippen molar-refractivity contribution in [1.82, 2.24) is 5.32 Å². The Balaban J connectivity index is 2.16. The van der Waals surface area contributed by atoms with Gasteiger partial charge in [0.2, 0.25) is 0 Å². The zero-order valence-corrected chi connectivity index (χ0v) is 10.9. The summed E-state index contributed by atoms with van der Waals surface area (Å²) in [6.45, 7) is 0. The molecule has 1 aromatic heterocycles. The van der Waals surface area contributed by atoms with Gasteiger partial charge in [0, 0.05) is 11.6 Å². The summed E-state index contributed by atoms with van der Waals surface area (Å²) in [5.41, 5.74) is 2.26. The minimum atomic E-state index is 0.214. The van der Waals surface area contributed by atoms with E-state index in [9.17, 15) is 0 Å². The standard InChI is InChI=1S/C13H13Cl2NO/c1-16-13(10-4-5-17-8-10)7-9-2-3-11(14)12(15)6-9/h2-6,8,13,16H,7H2,1H3. The molecule has 1 heterocycles. The van der Waals surface area contributed by atoms with Crippen molar-refractivity contribution in [1.29, 1.82) is 0 Å². The van der Waals surface area contributed by atoms with Crippen molar-refractivity contribution in [3.05, 3.63) is 58.0 Å². The average molecular weight is 270 g/mol. The quantitative estimate of drug-likeness (QED) is 0.905. The summed E-state index contributed by atoms with van der Waals surface area (Å²) in [6, 6.07) is 7.87. The first-order chi connectivity index (χ1) is 8.20. The summed E-state index contributed by atoms with van der Waals surface area (Å²) >= 11 is 11.9. The van der Waals surface area contributed by atoms with E-state index in [1.165, 1.54) is 0 Å². The fraction of sp³-hybridized carbons (Fsp3) is 0.231. The van der Waals surface area contributed by atoms with Crippen LogP contribution in [0.5, 0.6) is 0 Å². The lowest BCUT2D eigenvalue weighted by Gasteiger charge is -2.14. The van der Waals surface area contributed by atoms with E-state index < -0.39 is 0 Å². The second-order valence-electron chi connectivity index (χ2n) is 3.85. The molecule has 0 aliphatic carbocycles. The van der Waals surface area contributed by atoms with Gasteiger partial charge >= 0.3 is 0 Å². The van der Waals surface area contributed by atoms with Crippen molar-refractivity contribution in [3.8, 4) is 0 Å². The van der Waals surface area contributed by atoms with Crippen LogP contribution >= 0.6 is 23.2 Å². The Morgan fingerprint density at radius 3 is 2.65 bits per heavy atom. The summed E-state index contributed by atoms with van der Waals surface area (Å²) in [7, 11) is 1.93. The first-order valence-electron chi connectivity index (χ1n) is 5.34. The van der Waals surface area contributed by atoms with Gasteiger partial charge in [-0.05, 0) is 37.2 Å².